The summed E-state index contributed by atoms with van der Waals surface area (Å²) >= 11 is 4.58. The van der Waals surface area contributed by atoms with E-state index in [0.29, 0.717) is 5.92 Å². The topological polar surface area (TPSA) is 12.5 Å². The Morgan fingerprint density at radius 2 is 1.88 bits per heavy atom. The van der Waals surface area contributed by atoms with Gasteiger partial charge in [-0.3, -0.25) is 4.90 Å². The zero-order chi connectivity index (χ0) is 12.3. The molecule has 2 nitrogen and oxygen atoms in total. The summed E-state index contributed by atoms with van der Waals surface area (Å²) in [5, 5.41) is 0.128. The molecule has 0 N–H and O–H groups in total. The molecule has 0 spiro atoms. The fraction of sp³-hybridized carbons (Fsp3) is 0.538. The van der Waals surface area contributed by atoms with Crippen molar-refractivity contribution in [3.63, 3.8) is 0 Å². The van der Waals surface area contributed by atoms with Gasteiger partial charge in [0.2, 0.25) is 0 Å². The molecule has 1 rings (SSSR count). The van der Waals surface area contributed by atoms with Crippen LogP contribution in [0.15, 0.2) is 18.2 Å². The first-order valence-corrected chi connectivity index (χ1v) is 6.01. The summed E-state index contributed by atoms with van der Waals surface area (Å²) < 4.78 is 5.36. The van der Waals surface area contributed by atoms with E-state index in [1.807, 2.05) is 20.2 Å². The highest BCUT2D eigenvalue weighted by atomic mass is 32.1. The van der Waals surface area contributed by atoms with Gasteiger partial charge in [0.25, 0.3) is 0 Å². The van der Waals surface area contributed by atoms with Crippen molar-refractivity contribution in [3.05, 3.63) is 29.3 Å². The first-order chi connectivity index (χ1) is 7.47. The number of rotatable bonds is 4. The lowest BCUT2D eigenvalue weighted by atomic mass is 9.99. The Bertz CT molecular complexity index is 350. The molecule has 3 heteroatoms. The lowest BCUT2D eigenvalue weighted by Crippen LogP contribution is -2.15. The predicted molar refractivity (Wildman–Crippen MR) is 72.5 cm³/mol. The maximum absolute atomic E-state index is 5.36. The lowest BCUT2D eigenvalue weighted by Gasteiger charge is -2.21. The van der Waals surface area contributed by atoms with E-state index in [9.17, 15) is 0 Å². The van der Waals surface area contributed by atoms with E-state index in [1.54, 1.807) is 7.11 Å². The van der Waals surface area contributed by atoms with E-state index < -0.39 is 0 Å². The Labute approximate surface area is 104 Å². The van der Waals surface area contributed by atoms with Gasteiger partial charge in [0, 0.05) is 0 Å². The van der Waals surface area contributed by atoms with Crippen LogP contribution in [0.4, 0.5) is 0 Å². The number of methoxy groups -OCH3 is 1. The molecule has 1 aromatic carbocycles. The Morgan fingerprint density at radius 3 is 2.31 bits per heavy atom. The van der Waals surface area contributed by atoms with Gasteiger partial charge in [-0.2, -0.15) is 12.6 Å². The van der Waals surface area contributed by atoms with Crippen LogP contribution >= 0.6 is 12.6 Å². The van der Waals surface area contributed by atoms with Gasteiger partial charge in [-0.1, -0.05) is 19.9 Å². The highest BCUT2D eigenvalue weighted by Crippen LogP contribution is 2.31. The molecule has 0 aromatic heterocycles. The number of benzene rings is 1. The molecule has 0 amide bonds. The smallest absolute Gasteiger partial charge is 0.122 e. The van der Waals surface area contributed by atoms with Crippen LogP contribution in [0, 0.1) is 0 Å². The van der Waals surface area contributed by atoms with Crippen molar-refractivity contribution in [2.45, 2.75) is 25.1 Å². The summed E-state index contributed by atoms with van der Waals surface area (Å²) in [6.07, 6.45) is 0. The number of ether oxygens (including phenoxy) is 1. The summed E-state index contributed by atoms with van der Waals surface area (Å²) in [5.41, 5.74) is 2.44. The SMILES string of the molecule is COc1ccc(C(S)N(C)C)cc1C(C)C. The average Bonchev–Trinajstić information content (AvgIpc) is 2.26. The largest absolute Gasteiger partial charge is 0.496 e. The molecule has 1 atom stereocenters. The minimum atomic E-state index is 0.128. The van der Waals surface area contributed by atoms with Crippen molar-refractivity contribution in [2.75, 3.05) is 21.2 Å². The van der Waals surface area contributed by atoms with Crippen LogP contribution in [0.25, 0.3) is 0 Å². The van der Waals surface area contributed by atoms with Gasteiger partial charge in [0.1, 0.15) is 5.75 Å². The maximum atomic E-state index is 5.36. The monoisotopic (exact) mass is 239 g/mol. The van der Waals surface area contributed by atoms with Crippen molar-refractivity contribution in [2.24, 2.45) is 0 Å². The number of hydrogen-bond donors (Lipinski definition) is 1. The molecule has 0 bridgehead atoms. The van der Waals surface area contributed by atoms with E-state index in [0.717, 1.165) is 5.75 Å². The molecule has 1 unspecified atom stereocenters. The van der Waals surface area contributed by atoms with Gasteiger partial charge < -0.3 is 4.74 Å². The normalized spacial score (nSPS) is 13.2. The van der Waals surface area contributed by atoms with E-state index in [4.69, 9.17) is 4.74 Å². The second-order valence-corrected chi connectivity index (χ2v) is 4.98. The minimum absolute atomic E-state index is 0.128. The molecule has 0 fully saturated rings. The molecule has 90 valence electrons. The van der Waals surface area contributed by atoms with Crippen LogP contribution in [0.5, 0.6) is 5.75 Å². The fourth-order valence-corrected chi connectivity index (χ4v) is 1.82. The Morgan fingerprint density at radius 1 is 1.25 bits per heavy atom. The molecule has 0 aliphatic rings. The van der Waals surface area contributed by atoms with Crippen molar-refractivity contribution >= 4 is 12.6 Å². The summed E-state index contributed by atoms with van der Waals surface area (Å²) in [4.78, 5) is 2.08. The van der Waals surface area contributed by atoms with Crippen LogP contribution < -0.4 is 4.74 Å². The molecule has 16 heavy (non-hydrogen) atoms. The highest BCUT2D eigenvalue weighted by molar-refractivity contribution is 7.80. The number of thiol groups is 1. The molecule has 0 saturated heterocycles. The van der Waals surface area contributed by atoms with Gasteiger partial charge in [-0.05, 0) is 43.3 Å². The second-order valence-electron chi connectivity index (χ2n) is 4.49. The van der Waals surface area contributed by atoms with Crippen LogP contribution in [0.2, 0.25) is 0 Å². The first kappa shape index (κ1) is 13.4. The van der Waals surface area contributed by atoms with Crippen molar-refractivity contribution in [1.29, 1.82) is 0 Å². The van der Waals surface area contributed by atoms with E-state index in [1.165, 1.54) is 11.1 Å². The van der Waals surface area contributed by atoms with Crippen molar-refractivity contribution < 1.29 is 4.74 Å². The van der Waals surface area contributed by atoms with Crippen LogP contribution in [0.1, 0.15) is 36.3 Å². The zero-order valence-corrected chi connectivity index (χ0v) is 11.6. The van der Waals surface area contributed by atoms with E-state index >= 15 is 0 Å². The summed E-state index contributed by atoms with van der Waals surface area (Å²) in [7, 11) is 5.76. The molecule has 0 aliphatic carbocycles. The Hall–Kier alpha value is -0.670. The second kappa shape index (κ2) is 5.60. The van der Waals surface area contributed by atoms with Gasteiger partial charge in [-0.15, -0.1) is 0 Å². The first-order valence-electron chi connectivity index (χ1n) is 5.49. The fourth-order valence-electron chi connectivity index (χ4n) is 1.66. The lowest BCUT2D eigenvalue weighted by molar-refractivity contribution is 0.390. The van der Waals surface area contributed by atoms with Crippen LogP contribution in [0.3, 0.4) is 0 Å². The maximum Gasteiger partial charge on any atom is 0.122 e. The zero-order valence-electron chi connectivity index (χ0n) is 10.7. The molecule has 0 heterocycles. The van der Waals surface area contributed by atoms with Gasteiger partial charge in [0.15, 0.2) is 0 Å². The third-order valence-corrected chi connectivity index (χ3v) is 3.42. The van der Waals surface area contributed by atoms with E-state index in [-0.39, 0.29) is 5.37 Å². The molecular formula is C13H21NOS. The molecule has 1 aromatic rings. The number of hydrogen-bond acceptors (Lipinski definition) is 3. The molecule has 0 saturated carbocycles. The van der Waals surface area contributed by atoms with Crippen molar-refractivity contribution in [3.8, 4) is 5.75 Å². The van der Waals surface area contributed by atoms with Crippen molar-refractivity contribution in [1.82, 2.24) is 4.90 Å². The Kier molecular flexibility index (Phi) is 4.69. The summed E-state index contributed by atoms with van der Waals surface area (Å²) in [6.45, 7) is 4.34. The van der Waals surface area contributed by atoms with Gasteiger partial charge >= 0.3 is 0 Å². The average molecular weight is 239 g/mol. The quantitative estimate of drug-likeness (QED) is 0.639. The highest BCUT2D eigenvalue weighted by Gasteiger charge is 2.13. The van der Waals surface area contributed by atoms with Gasteiger partial charge in [-0.25, -0.2) is 0 Å². The standard InChI is InChI=1S/C13H21NOS/c1-9(2)11-8-10(13(16)14(3)4)6-7-12(11)15-5/h6-9,13,16H,1-5H3. The molecular weight excluding hydrogens is 218 g/mol. The Balaban J connectivity index is 3.11. The predicted octanol–water partition coefficient (Wildman–Crippen LogP) is 3.31. The minimum Gasteiger partial charge on any atom is -0.496 e. The molecule has 0 aliphatic heterocycles. The summed E-state index contributed by atoms with van der Waals surface area (Å²) in [6, 6.07) is 6.28. The number of nitrogens with zero attached hydrogens (tertiary/aromatic N) is 1. The van der Waals surface area contributed by atoms with Crippen LogP contribution in [-0.4, -0.2) is 26.1 Å². The summed E-state index contributed by atoms with van der Waals surface area (Å²) in [5.74, 6) is 1.41. The van der Waals surface area contributed by atoms with E-state index in [2.05, 4.69) is 43.5 Å². The third-order valence-electron chi connectivity index (χ3n) is 2.66. The molecule has 0 radical (unpaired) electrons. The third kappa shape index (κ3) is 2.92. The van der Waals surface area contributed by atoms with Gasteiger partial charge in [0.05, 0.1) is 12.5 Å². The van der Waals surface area contributed by atoms with Crippen LogP contribution in [-0.2, 0) is 0 Å².